The maximum atomic E-state index is 6.05. The first-order chi connectivity index (χ1) is 15.7. The lowest BCUT2D eigenvalue weighted by molar-refractivity contribution is 0.394. The first-order valence-electron chi connectivity index (χ1n) is 9.88. The molecule has 4 aromatic rings. The zero-order valence-electron chi connectivity index (χ0n) is 17.6. The Balaban J connectivity index is 1.66. The van der Waals surface area contributed by atoms with Gasteiger partial charge in [0.15, 0.2) is 0 Å². The summed E-state index contributed by atoms with van der Waals surface area (Å²) in [4.78, 5) is 9.26. The van der Waals surface area contributed by atoms with Crippen LogP contribution in [-0.2, 0) is 0 Å². The molecule has 0 atom stereocenters. The Morgan fingerprint density at radius 2 is 1.50 bits per heavy atom. The first-order valence-corrected chi connectivity index (χ1v) is 10.3. The van der Waals surface area contributed by atoms with Gasteiger partial charge in [-0.2, -0.15) is 5.10 Å². The molecule has 32 heavy (non-hydrogen) atoms. The van der Waals surface area contributed by atoms with Crippen LogP contribution in [0.5, 0.6) is 11.5 Å². The van der Waals surface area contributed by atoms with Crippen LogP contribution in [0.15, 0.2) is 84.0 Å². The molecule has 0 fully saturated rings. The van der Waals surface area contributed by atoms with Gasteiger partial charge in [0.2, 0.25) is 5.95 Å². The van der Waals surface area contributed by atoms with Gasteiger partial charge in [-0.05, 0) is 30.3 Å². The summed E-state index contributed by atoms with van der Waals surface area (Å²) in [6.07, 6.45) is 1.65. The minimum Gasteiger partial charge on any atom is -0.497 e. The van der Waals surface area contributed by atoms with Crippen molar-refractivity contribution in [1.29, 1.82) is 0 Å². The summed E-state index contributed by atoms with van der Waals surface area (Å²) in [6.45, 7) is 0. The van der Waals surface area contributed by atoms with Gasteiger partial charge >= 0.3 is 0 Å². The molecule has 0 amide bonds. The Morgan fingerprint density at radius 1 is 0.812 bits per heavy atom. The van der Waals surface area contributed by atoms with Crippen LogP contribution in [0.4, 0.5) is 5.95 Å². The third kappa shape index (κ3) is 5.04. The molecule has 3 aromatic carbocycles. The zero-order valence-corrected chi connectivity index (χ0v) is 18.4. The van der Waals surface area contributed by atoms with Crippen molar-refractivity contribution in [2.75, 3.05) is 19.6 Å². The minimum atomic E-state index is 0.375. The standard InChI is InChI=1S/C25H21ClN4O2/c1-31-21-13-10-19(24(14-21)32-2)16-27-30-25-28-22(17-6-4-3-5-7-17)15-23(29-25)18-8-11-20(26)12-9-18/h3-16H,1-2H3,(H,28,29,30). The predicted molar refractivity (Wildman–Crippen MR) is 129 cm³/mol. The fourth-order valence-corrected chi connectivity index (χ4v) is 3.23. The molecule has 4 rings (SSSR count). The van der Waals surface area contributed by atoms with E-state index in [0.717, 1.165) is 28.1 Å². The maximum Gasteiger partial charge on any atom is 0.244 e. The molecule has 0 saturated carbocycles. The summed E-state index contributed by atoms with van der Waals surface area (Å²) < 4.78 is 10.6. The predicted octanol–water partition coefficient (Wildman–Crippen LogP) is 5.93. The van der Waals surface area contributed by atoms with Gasteiger partial charge in [-0.25, -0.2) is 15.4 Å². The second kappa shape index (κ2) is 9.94. The van der Waals surface area contributed by atoms with Crippen molar-refractivity contribution in [3.05, 3.63) is 89.4 Å². The van der Waals surface area contributed by atoms with E-state index in [2.05, 4.69) is 20.5 Å². The van der Waals surface area contributed by atoms with E-state index in [9.17, 15) is 0 Å². The Bertz CT molecular complexity index is 1230. The van der Waals surface area contributed by atoms with Gasteiger partial charge in [0.05, 0.1) is 31.8 Å². The number of benzene rings is 3. The van der Waals surface area contributed by atoms with Gasteiger partial charge in [0, 0.05) is 27.8 Å². The molecule has 1 N–H and O–H groups in total. The largest absolute Gasteiger partial charge is 0.497 e. The number of halogens is 1. The molecule has 0 unspecified atom stereocenters. The van der Waals surface area contributed by atoms with Gasteiger partial charge in [-0.15, -0.1) is 0 Å². The molecule has 1 heterocycles. The van der Waals surface area contributed by atoms with Crippen LogP contribution in [0.1, 0.15) is 5.56 Å². The van der Waals surface area contributed by atoms with Crippen molar-refractivity contribution in [2.45, 2.75) is 0 Å². The lowest BCUT2D eigenvalue weighted by atomic mass is 10.1. The molecule has 160 valence electrons. The summed E-state index contributed by atoms with van der Waals surface area (Å²) in [5.74, 6) is 1.73. The number of hydrogen-bond donors (Lipinski definition) is 1. The van der Waals surface area contributed by atoms with Crippen molar-refractivity contribution in [1.82, 2.24) is 9.97 Å². The van der Waals surface area contributed by atoms with Gasteiger partial charge in [-0.3, -0.25) is 0 Å². The maximum absolute atomic E-state index is 6.05. The Morgan fingerprint density at radius 3 is 2.16 bits per heavy atom. The van der Waals surface area contributed by atoms with E-state index >= 15 is 0 Å². The second-order valence-electron chi connectivity index (χ2n) is 6.81. The van der Waals surface area contributed by atoms with Gasteiger partial charge in [-0.1, -0.05) is 54.1 Å². The number of rotatable bonds is 7. The Kier molecular flexibility index (Phi) is 6.63. The summed E-state index contributed by atoms with van der Waals surface area (Å²) in [5.41, 5.74) is 7.18. The third-order valence-electron chi connectivity index (χ3n) is 4.74. The van der Waals surface area contributed by atoms with Crippen molar-refractivity contribution in [2.24, 2.45) is 5.10 Å². The zero-order chi connectivity index (χ0) is 22.3. The van der Waals surface area contributed by atoms with E-state index < -0.39 is 0 Å². The van der Waals surface area contributed by atoms with E-state index in [-0.39, 0.29) is 0 Å². The molecular weight excluding hydrogens is 424 g/mol. The van der Waals surface area contributed by atoms with E-state index in [4.69, 9.17) is 21.1 Å². The lowest BCUT2D eigenvalue weighted by Gasteiger charge is -2.09. The van der Waals surface area contributed by atoms with Gasteiger partial charge in [0.25, 0.3) is 0 Å². The molecule has 0 aliphatic rings. The summed E-state index contributed by atoms with van der Waals surface area (Å²) in [7, 11) is 3.21. The highest BCUT2D eigenvalue weighted by molar-refractivity contribution is 6.30. The van der Waals surface area contributed by atoms with Gasteiger partial charge < -0.3 is 9.47 Å². The van der Waals surface area contributed by atoms with Crippen LogP contribution >= 0.6 is 11.6 Å². The summed E-state index contributed by atoms with van der Waals surface area (Å²) >= 11 is 6.05. The average molecular weight is 445 g/mol. The molecule has 6 nitrogen and oxygen atoms in total. The molecule has 7 heteroatoms. The lowest BCUT2D eigenvalue weighted by Crippen LogP contribution is -2.01. The molecule has 0 radical (unpaired) electrons. The number of aromatic nitrogens is 2. The van der Waals surface area contributed by atoms with Crippen molar-refractivity contribution in [3.8, 4) is 34.0 Å². The second-order valence-corrected chi connectivity index (χ2v) is 7.25. The summed E-state index contributed by atoms with van der Waals surface area (Å²) in [6, 6.07) is 24.9. The number of ether oxygens (including phenoxy) is 2. The smallest absolute Gasteiger partial charge is 0.244 e. The van der Waals surface area contributed by atoms with Gasteiger partial charge in [0.1, 0.15) is 11.5 Å². The highest BCUT2D eigenvalue weighted by atomic mass is 35.5. The van der Waals surface area contributed by atoms with Crippen LogP contribution in [0.25, 0.3) is 22.5 Å². The highest BCUT2D eigenvalue weighted by Gasteiger charge is 2.09. The van der Waals surface area contributed by atoms with Crippen LogP contribution in [0.3, 0.4) is 0 Å². The van der Waals surface area contributed by atoms with Crippen molar-refractivity contribution >= 4 is 23.8 Å². The van der Waals surface area contributed by atoms with E-state index in [1.165, 1.54) is 0 Å². The topological polar surface area (TPSA) is 68.6 Å². The van der Waals surface area contributed by atoms with Crippen molar-refractivity contribution in [3.63, 3.8) is 0 Å². The molecule has 1 aromatic heterocycles. The molecule has 0 aliphatic heterocycles. The number of hydrazone groups is 1. The average Bonchev–Trinajstić information content (AvgIpc) is 2.85. The number of nitrogens with one attached hydrogen (secondary N) is 1. The van der Waals surface area contributed by atoms with E-state index in [0.29, 0.717) is 22.5 Å². The normalized spacial score (nSPS) is 10.8. The third-order valence-corrected chi connectivity index (χ3v) is 5.00. The molecule has 0 aliphatic carbocycles. The van der Waals surface area contributed by atoms with Crippen molar-refractivity contribution < 1.29 is 9.47 Å². The highest BCUT2D eigenvalue weighted by Crippen LogP contribution is 2.26. The fourth-order valence-electron chi connectivity index (χ4n) is 3.11. The van der Waals surface area contributed by atoms with Crippen LogP contribution in [0, 0.1) is 0 Å². The number of anilines is 1. The Hall–Kier alpha value is -3.90. The summed E-state index contributed by atoms with van der Waals surface area (Å²) in [5, 5.41) is 4.99. The molecular formula is C25H21ClN4O2. The fraction of sp³-hybridized carbons (Fsp3) is 0.0800. The molecule has 0 spiro atoms. The molecule has 0 bridgehead atoms. The monoisotopic (exact) mass is 444 g/mol. The van der Waals surface area contributed by atoms with Crippen LogP contribution < -0.4 is 14.9 Å². The van der Waals surface area contributed by atoms with E-state index in [1.54, 1.807) is 26.5 Å². The SMILES string of the molecule is COc1ccc(C=NNc2nc(-c3ccccc3)cc(-c3ccc(Cl)cc3)n2)c(OC)c1. The number of methoxy groups -OCH3 is 2. The molecule has 0 saturated heterocycles. The minimum absolute atomic E-state index is 0.375. The number of hydrogen-bond acceptors (Lipinski definition) is 6. The van der Waals surface area contributed by atoms with E-state index in [1.807, 2.05) is 72.8 Å². The van der Waals surface area contributed by atoms with Crippen LogP contribution in [-0.4, -0.2) is 30.4 Å². The number of nitrogens with zero attached hydrogens (tertiary/aromatic N) is 3. The van der Waals surface area contributed by atoms with Crippen LogP contribution in [0.2, 0.25) is 5.02 Å². The Labute approximate surface area is 191 Å². The quantitative estimate of drug-likeness (QED) is 0.283. The first kappa shape index (κ1) is 21.3.